The van der Waals surface area contributed by atoms with Crippen LogP contribution in [0.2, 0.25) is 5.02 Å². The van der Waals surface area contributed by atoms with Crippen molar-refractivity contribution in [2.75, 3.05) is 11.1 Å². The molecule has 0 spiro atoms. The second kappa shape index (κ2) is 5.01. The van der Waals surface area contributed by atoms with E-state index in [1.807, 2.05) is 12.1 Å². The van der Waals surface area contributed by atoms with E-state index in [9.17, 15) is 4.79 Å². The average molecular weight is 325 g/mol. The van der Waals surface area contributed by atoms with Crippen molar-refractivity contribution in [2.45, 2.75) is 6.92 Å². The number of anilines is 2. The summed E-state index contributed by atoms with van der Waals surface area (Å²) in [4.78, 5) is 21.0. The number of hydrogen-bond acceptors (Lipinski definition) is 6. The summed E-state index contributed by atoms with van der Waals surface area (Å²) in [6, 6.07) is 5.41. The van der Waals surface area contributed by atoms with E-state index in [1.165, 1.54) is 11.3 Å². The molecule has 0 saturated carbocycles. The second-order valence-corrected chi connectivity index (χ2v) is 6.55. The lowest BCUT2D eigenvalue weighted by atomic mass is 10.3. The van der Waals surface area contributed by atoms with Gasteiger partial charge in [0.1, 0.15) is 4.88 Å². The highest BCUT2D eigenvalue weighted by Crippen LogP contribution is 2.29. The van der Waals surface area contributed by atoms with E-state index < -0.39 is 0 Å². The molecule has 0 bridgehead atoms. The molecular formula is C12H9ClN4OS2. The molecule has 2 aromatic heterocycles. The van der Waals surface area contributed by atoms with Gasteiger partial charge in [-0.25, -0.2) is 9.97 Å². The highest BCUT2D eigenvalue weighted by Gasteiger charge is 2.16. The molecular weight excluding hydrogens is 316 g/mol. The summed E-state index contributed by atoms with van der Waals surface area (Å²) < 4.78 is 0.924. The predicted octanol–water partition coefficient (Wildman–Crippen LogP) is 3.55. The lowest BCUT2D eigenvalue weighted by molar-refractivity contribution is 0.103. The Balaban J connectivity index is 1.89. The van der Waals surface area contributed by atoms with Gasteiger partial charge in [0.25, 0.3) is 5.91 Å². The molecule has 8 heteroatoms. The van der Waals surface area contributed by atoms with Gasteiger partial charge in [-0.3, -0.25) is 10.1 Å². The minimum atomic E-state index is -0.248. The topological polar surface area (TPSA) is 80.9 Å². The van der Waals surface area contributed by atoms with Gasteiger partial charge >= 0.3 is 0 Å². The lowest BCUT2D eigenvalue weighted by Crippen LogP contribution is -2.11. The Labute approximate surface area is 127 Å². The first kappa shape index (κ1) is 13.3. The number of nitrogens with zero attached hydrogens (tertiary/aromatic N) is 2. The molecule has 0 radical (unpaired) electrons. The van der Waals surface area contributed by atoms with Crippen LogP contribution < -0.4 is 11.1 Å². The molecule has 102 valence electrons. The van der Waals surface area contributed by atoms with E-state index in [4.69, 9.17) is 17.3 Å². The molecule has 3 N–H and O–H groups in total. The van der Waals surface area contributed by atoms with Gasteiger partial charge in [-0.15, -0.1) is 0 Å². The van der Waals surface area contributed by atoms with Gasteiger partial charge in [-0.2, -0.15) is 0 Å². The summed E-state index contributed by atoms with van der Waals surface area (Å²) in [6.45, 7) is 1.75. The first-order chi connectivity index (χ1) is 9.52. The van der Waals surface area contributed by atoms with Gasteiger partial charge in [0.05, 0.1) is 15.9 Å². The fourth-order valence-electron chi connectivity index (χ4n) is 1.73. The number of halogens is 1. The van der Waals surface area contributed by atoms with Crippen LogP contribution in [0.1, 0.15) is 15.4 Å². The summed E-state index contributed by atoms with van der Waals surface area (Å²) in [5, 5.41) is 4.31. The number of amides is 1. The van der Waals surface area contributed by atoms with Crippen LogP contribution in [0.15, 0.2) is 18.2 Å². The number of aromatic nitrogens is 2. The predicted molar refractivity (Wildman–Crippen MR) is 83.8 cm³/mol. The van der Waals surface area contributed by atoms with Crippen molar-refractivity contribution in [1.29, 1.82) is 0 Å². The number of aryl methyl sites for hydroxylation is 1. The molecule has 3 rings (SSSR count). The molecule has 2 heterocycles. The van der Waals surface area contributed by atoms with Crippen LogP contribution >= 0.6 is 34.3 Å². The maximum Gasteiger partial charge on any atom is 0.269 e. The van der Waals surface area contributed by atoms with Crippen LogP contribution in [0.3, 0.4) is 0 Å². The molecule has 1 amide bonds. The summed E-state index contributed by atoms with van der Waals surface area (Å²) >= 11 is 8.46. The van der Waals surface area contributed by atoms with Crippen LogP contribution in [0, 0.1) is 6.92 Å². The normalized spacial score (nSPS) is 10.9. The van der Waals surface area contributed by atoms with Crippen molar-refractivity contribution in [2.24, 2.45) is 0 Å². The van der Waals surface area contributed by atoms with Crippen molar-refractivity contribution < 1.29 is 4.79 Å². The highest BCUT2D eigenvalue weighted by molar-refractivity contribution is 7.22. The Morgan fingerprint density at radius 1 is 1.35 bits per heavy atom. The average Bonchev–Trinajstić information content (AvgIpc) is 2.91. The van der Waals surface area contributed by atoms with E-state index in [1.54, 1.807) is 13.0 Å². The Morgan fingerprint density at radius 3 is 2.85 bits per heavy atom. The molecule has 0 aliphatic heterocycles. The molecule has 3 aromatic rings. The Hall–Kier alpha value is -1.70. The van der Waals surface area contributed by atoms with E-state index in [0.29, 0.717) is 25.9 Å². The number of nitrogen functional groups attached to an aromatic ring is 1. The SMILES string of the molecule is Cc1nc(N)sc1C(=O)Nc1nc2ccc(Cl)cc2s1. The fourth-order valence-corrected chi connectivity index (χ4v) is 3.60. The minimum Gasteiger partial charge on any atom is -0.375 e. The number of carbonyl (C=O) groups excluding carboxylic acids is 1. The van der Waals surface area contributed by atoms with Gasteiger partial charge in [-0.1, -0.05) is 34.3 Å². The van der Waals surface area contributed by atoms with Crippen molar-refractivity contribution >= 4 is 60.7 Å². The molecule has 1 aromatic carbocycles. The molecule has 0 aliphatic carbocycles. The number of nitrogens with one attached hydrogen (secondary N) is 1. The van der Waals surface area contributed by atoms with Crippen LogP contribution in [-0.2, 0) is 0 Å². The van der Waals surface area contributed by atoms with E-state index in [-0.39, 0.29) is 5.91 Å². The van der Waals surface area contributed by atoms with Crippen LogP contribution in [0.4, 0.5) is 10.3 Å². The third-order valence-electron chi connectivity index (χ3n) is 2.59. The maximum atomic E-state index is 12.1. The number of thiazole rings is 2. The minimum absolute atomic E-state index is 0.248. The second-order valence-electron chi connectivity index (χ2n) is 4.05. The quantitative estimate of drug-likeness (QED) is 0.755. The smallest absolute Gasteiger partial charge is 0.269 e. The van der Waals surface area contributed by atoms with Crippen LogP contribution in [0.5, 0.6) is 0 Å². The zero-order valence-electron chi connectivity index (χ0n) is 10.3. The number of carbonyl (C=O) groups is 1. The maximum absolute atomic E-state index is 12.1. The molecule has 0 atom stereocenters. The van der Waals surface area contributed by atoms with Gasteiger partial charge in [0.15, 0.2) is 10.3 Å². The molecule has 0 unspecified atom stereocenters. The third-order valence-corrected chi connectivity index (χ3v) is 4.74. The summed E-state index contributed by atoms with van der Waals surface area (Å²) in [5.41, 5.74) is 7.01. The van der Waals surface area contributed by atoms with E-state index in [2.05, 4.69) is 15.3 Å². The van der Waals surface area contributed by atoms with E-state index in [0.717, 1.165) is 21.6 Å². The Kier molecular flexibility index (Phi) is 3.33. The van der Waals surface area contributed by atoms with Crippen molar-refractivity contribution in [3.8, 4) is 0 Å². The first-order valence-corrected chi connectivity index (χ1v) is 7.64. The van der Waals surface area contributed by atoms with Crippen molar-refractivity contribution in [3.05, 3.63) is 33.8 Å². The summed E-state index contributed by atoms with van der Waals surface area (Å²) in [6.07, 6.45) is 0. The first-order valence-electron chi connectivity index (χ1n) is 5.63. The standard InChI is InChI=1S/C12H9ClN4OS2/c1-5-9(20-11(14)15-5)10(18)17-12-16-7-3-2-6(13)4-8(7)19-12/h2-4H,1H3,(H2,14,15)(H,16,17,18). The monoisotopic (exact) mass is 324 g/mol. The van der Waals surface area contributed by atoms with E-state index >= 15 is 0 Å². The number of rotatable bonds is 2. The Morgan fingerprint density at radius 2 is 2.15 bits per heavy atom. The number of fused-ring (bicyclic) bond motifs is 1. The molecule has 5 nitrogen and oxygen atoms in total. The summed E-state index contributed by atoms with van der Waals surface area (Å²) in [7, 11) is 0. The molecule has 20 heavy (non-hydrogen) atoms. The van der Waals surface area contributed by atoms with Crippen molar-refractivity contribution in [1.82, 2.24) is 9.97 Å². The third kappa shape index (κ3) is 2.47. The van der Waals surface area contributed by atoms with Gasteiger partial charge in [0.2, 0.25) is 0 Å². The molecule has 0 fully saturated rings. The van der Waals surface area contributed by atoms with Gasteiger partial charge in [0, 0.05) is 5.02 Å². The van der Waals surface area contributed by atoms with Gasteiger partial charge < -0.3 is 5.73 Å². The number of hydrogen-bond donors (Lipinski definition) is 2. The highest BCUT2D eigenvalue weighted by atomic mass is 35.5. The number of benzene rings is 1. The Bertz CT molecular complexity index is 811. The zero-order chi connectivity index (χ0) is 14.3. The molecule has 0 saturated heterocycles. The number of nitrogens with two attached hydrogens (primary N) is 1. The lowest BCUT2D eigenvalue weighted by Gasteiger charge is -1.98. The van der Waals surface area contributed by atoms with Crippen LogP contribution in [0.25, 0.3) is 10.2 Å². The molecule has 0 aliphatic rings. The summed E-state index contributed by atoms with van der Waals surface area (Å²) in [5.74, 6) is -0.248. The van der Waals surface area contributed by atoms with Gasteiger partial charge in [-0.05, 0) is 25.1 Å². The zero-order valence-corrected chi connectivity index (χ0v) is 12.7. The fraction of sp³-hybridized carbons (Fsp3) is 0.0833. The largest absolute Gasteiger partial charge is 0.375 e. The van der Waals surface area contributed by atoms with Crippen molar-refractivity contribution in [3.63, 3.8) is 0 Å². The van der Waals surface area contributed by atoms with Crippen LogP contribution in [-0.4, -0.2) is 15.9 Å².